The first-order valence-corrected chi connectivity index (χ1v) is 8.51. The summed E-state index contributed by atoms with van der Waals surface area (Å²) in [5, 5.41) is 15.5. The molecule has 1 aromatic rings. The lowest BCUT2D eigenvalue weighted by molar-refractivity contribution is 0.198. The molecule has 23 heavy (non-hydrogen) atoms. The fourth-order valence-electron chi connectivity index (χ4n) is 3.48. The second kappa shape index (κ2) is 6.52. The number of azide groups is 1. The Morgan fingerprint density at radius 1 is 1.52 bits per heavy atom. The van der Waals surface area contributed by atoms with E-state index in [0.717, 1.165) is 30.6 Å². The fraction of sp³-hybridized carbons (Fsp3) is 0.467. The maximum Gasteiger partial charge on any atom is 0.410 e. The van der Waals surface area contributed by atoms with E-state index in [1.165, 1.54) is 18.2 Å². The van der Waals surface area contributed by atoms with Gasteiger partial charge < -0.3 is 5.11 Å². The molecular formula is C15H17N5O2S. The molecule has 2 atom stereocenters. The van der Waals surface area contributed by atoms with Crippen LogP contribution in [0.5, 0.6) is 0 Å². The molecular weight excluding hydrogens is 314 g/mol. The minimum Gasteiger partial charge on any atom is -0.465 e. The minimum atomic E-state index is -1.09. The van der Waals surface area contributed by atoms with E-state index >= 15 is 0 Å². The van der Waals surface area contributed by atoms with Crippen LogP contribution in [-0.2, 0) is 5.54 Å². The van der Waals surface area contributed by atoms with E-state index in [1.54, 1.807) is 6.07 Å². The first-order valence-electron chi connectivity index (χ1n) is 7.52. The summed E-state index contributed by atoms with van der Waals surface area (Å²) in [5.74, 6) is 1.20. The Morgan fingerprint density at radius 2 is 2.39 bits per heavy atom. The van der Waals surface area contributed by atoms with E-state index in [1.807, 2.05) is 18.2 Å². The molecule has 1 unspecified atom stereocenters. The molecule has 1 aliphatic heterocycles. The van der Waals surface area contributed by atoms with Crippen LogP contribution in [0, 0.1) is 5.92 Å². The summed E-state index contributed by atoms with van der Waals surface area (Å²) in [6.07, 6.45) is 3.07. The molecule has 2 aliphatic rings. The predicted octanol–water partition coefficient (Wildman–Crippen LogP) is 4.38. The molecule has 0 aromatic heterocycles. The van der Waals surface area contributed by atoms with Crippen LogP contribution >= 0.6 is 11.8 Å². The van der Waals surface area contributed by atoms with Crippen molar-refractivity contribution in [3.8, 4) is 0 Å². The number of fused-ring (bicyclic) bond motifs is 1. The van der Waals surface area contributed by atoms with E-state index in [-0.39, 0.29) is 0 Å². The lowest BCUT2D eigenvalue weighted by Gasteiger charge is -2.44. The van der Waals surface area contributed by atoms with Crippen LogP contribution in [0.1, 0.15) is 31.2 Å². The van der Waals surface area contributed by atoms with Gasteiger partial charge >= 0.3 is 6.09 Å². The minimum absolute atomic E-state index is 0.363. The average molecular weight is 331 g/mol. The molecule has 2 N–H and O–H groups in total. The van der Waals surface area contributed by atoms with Gasteiger partial charge in [-0.25, -0.2) is 4.79 Å². The highest BCUT2D eigenvalue weighted by atomic mass is 32.2. The molecule has 1 saturated carbocycles. The van der Waals surface area contributed by atoms with Crippen LogP contribution in [0.25, 0.3) is 10.4 Å². The van der Waals surface area contributed by atoms with Gasteiger partial charge in [0.05, 0.1) is 5.54 Å². The van der Waals surface area contributed by atoms with Gasteiger partial charge in [0.2, 0.25) is 0 Å². The molecule has 0 radical (unpaired) electrons. The third-order valence-corrected chi connectivity index (χ3v) is 5.51. The van der Waals surface area contributed by atoms with Gasteiger partial charge in [0, 0.05) is 16.4 Å². The number of nitrogens with zero attached hydrogens (tertiary/aromatic N) is 4. The molecule has 0 saturated heterocycles. The number of hydrogen-bond donors (Lipinski definition) is 2. The maximum absolute atomic E-state index is 10.9. The van der Waals surface area contributed by atoms with Crippen LogP contribution in [0.2, 0.25) is 0 Å². The zero-order valence-corrected chi connectivity index (χ0v) is 13.3. The van der Waals surface area contributed by atoms with Gasteiger partial charge in [-0.2, -0.15) is 0 Å². The van der Waals surface area contributed by atoms with Crippen LogP contribution in [-0.4, -0.2) is 22.1 Å². The van der Waals surface area contributed by atoms with Crippen molar-refractivity contribution in [1.82, 2.24) is 5.32 Å². The average Bonchev–Trinajstić information content (AvgIpc) is 2.54. The molecule has 1 aromatic carbocycles. The van der Waals surface area contributed by atoms with Crippen molar-refractivity contribution in [3.05, 3.63) is 40.3 Å². The van der Waals surface area contributed by atoms with Gasteiger partial charge in [0.15, 0.2) is 5.17 Å². The van der Waals surface area contributed by atoms with Gasteiger partial charge in [-0.1, -0.05) is 47.9 Å². The fourth-order valence-corrected chi connectivity index (χ4v) is 4.67. The normalized spacial score (nSPS) is 26.4. The Kier molecular flexibility index (Phi) is 4.45. The molecule has 1 aliphatic carbocycles. The zero-order valence-electron chi connectivity index (χ0n) is 12.5. The number of aliphatic imine (C=N–C) groups is 1. The predicted molar refractivity (Wildman–Crippen MR) is 89.9 cm³/mol. The summed E-state index contributed by atoms with van der Waals surface area (Å²) in [5.41, 5.74) is 9.77. The van der Waals surface area contributed by atoms with Crippen molar-refractivity contribution in [3.63, 3.8) is 0 Å². The maximum atomic E-state index is 10.9. The first kappa shape index (κ1) is 15.7. The smallest absolute Gasteiger partial charge is 0.410 e. The Balaban J connectivity index is 2.06. The summed E-state index contributed by atoms with van der Waals surface area (Å²) in [6.45, 7) is 0. The van der Waals surface area contributed by atoms with Gasteiger partial charge in [-0.05, 0) is 35.9 Å². The number of amides is 1. The number of rotatable bonds is 2. The van der Waals surface area contributed by atoms with E-state index < -0.39 is 11.6 Å². The first-order chi connectivity index (χ1) is 11.1. The summed E-state index contributed by atoms with van der Waals surface area (Å²) < 4.78 is 0. The van der Waals surface area contributed by atoms with Crippen molar-refractivity contribution in [1.29, 1.82) is 0 Å². The third kappa shape index (κ3) is 3.13. The summed E-state index contributed by atoms with van der Waals surface area (Å²) in [4.78, 5) is 18.6. The summed E-state index contributed by atoms with van der Waals surface area (Å²) in [6, 6.07) is 7.49. The SMILES string of the molecule is [N-]=[N+]=Nc1cccc([C@]23CCCCC2CSC(NC(=O)O)=N3)c1. The topological polar surface area (TPSA) is 110 Å². The number of hydrogen-bond acceptors (Lipinski definition) is 4. The second-order valence-electron chi connectivity index (χ2n) is 5.76. The van der Waals surface area contributed by atoms with E-state index in [4.69, 9.17) is 15.6 Å². The highest BCUT2D eigenvalue weighted by Crippen LogP contribution is 2.49. The number of nitrogens with one attached hydrogen (secondary N) is 1. The summed E-state index contributed by atoms with van der Waals surface area (Å²) in [7, 11) is 0. The molecule has 3 rings (SSSR count). The molecule has 0 bridgehead atoms. The van der Waals surface area contributed by atoms with Gasteiger partial charge in [-0.3, -0.25) is 10.3 Å². The Labute approximate surface area is 137 Å². The van der Waals surface area contributed by atoms with Gasteiger partial charge in [0.25, 0.3) is 0 Å². The van der Waals surface area contributed by atoms with Crippen molar-refractivity contribution in [2.24, 2.45) is 16.0 Å². The molecule has 8 heteroatoms. The lowest BCUT2D eigenvalue weighted by Crippen LogP contribution is -2.44. The van der Waals surface area contributed by atoms with E-state index in [0.29, 0.717) is 16.8 Å². The summed E-state index contributed by atoms with van der Waals surface area (Å²) >= 11 is 1.46. The lowest BCUT2D eigenvalue weighted by atomic mass is 9.70. The van der Waals surface area contributed by atoms with Crippen LogP contribution in [0.15, 0.2) is 34.4 Å². The van der Waals surface area contributed by atoms with E-state index in [2.05, 4.69) is 15.3 Å². The number of carbonyl (C=O) groups is 1. The number of carboxylic acid groups (broad SMARTS) is 1. The monoisotopic (exact) mass is 331 g/mol. The van der Waals surface area contributed by atoms with Crippen molar-refractivity contribution >= 4 is 28.7 Å². The number of thioether (sulfide) groups is 1. The molecule has 0 spiro atoms. The molecule has 1 heterocycles. The van der Waals surface area contributed by atoms with Crippen molar-refractivity contribution in [2.75, 3.05) is 5.75 Å². The Bertz CT molecular complexity index is 701. The van der Waals surface area contributed by atoms with E-state index in [9.17, 15) is 4.79 Å². The van der Waals surface area contributed by atoms with Gasteiger partial charge in [0.1, 0.15) is 0 Å². The molecule has 1 amide bonds. The standard InChI is InChI=1S/C15H17N5O2S/c16-20-19-12-6-3-5-10(8-12)15-7-2-1-4-11(15)9-23-13(18-15)17-14(21)22/h3,5-6,8,11H,1-2,4,7,9H2,(H,17,18)(H,21,22)/t11?,15-/m1/s1. The molecule has 1 fully saturated rings. The molecule has 120 valence electrons. The quantitative estimate of drug-likeness (QED) is 0.476. The Hall–Kier alpha value is -2.18. The van der Waals surface area contributed by atoms with Crippen LogP contribution < -0.4 is 5.32 Å². The van der Waals surface area contributed by atoms with Crippen molar-refractivity contribution < 1.29 is 9.90 Å². The number of amidine groups is 1. The van der Waals surface area contributed by atoms with Crippen molar-refractivity contribution in [2.45, 2.75) is 31.2 Å². The third-order valence-electron chi connectivity index (χ3n) is 4.48. The molecule has 7 nitrogen and oxygen atoms in total. The van der Waals surface area contributed by atoms with Crippen LogP contribution in [0.3, 0.4) is 0 Å². The zero-order chi connectivity index (χ0) is 16.3. The van der Waals surface area contributed by atoms with Crippen LogP contribution in [0.4, 0.5) is 10.5 Å². The Morgan fingerprint density at radius 3 is 3.17 bits per heavy atom. The highest BCUT2D eigenvalue weighted by Gasteiger charge is 2.45. The largest absolute Gasteiger partial charge is 0.465 e. The highest BCUT2D eigenvalue weighted by molar-refractivity contribution is 8.13. The van der Waals surface area contributed by atoms with Gasteiger partial charge in [-0.15, -0.1) is 0 Å². The second-order valence-corrected chi connectivity index (χ2v) is 6.77. The number of benzene rings is 1.